The molecule has 1 saturated heterocycles. The molecule has 0 aliphatic carbocycles. The molecule has 21 heavy (non-hydrogen) atoms. The molecule has 0 bridgehead atoms. The van der Waals surface area contributed by atoms with Crippen molar-refractivity contribution in [3.8, 4) is 5.69 Å². The summed E-state index contributed by atoms with van der Waals surface area (Å²) in [5.74, 6) is 0. The number of aromatic nitrogens is 4. The van der Waals surface area contributed by atoms with Gasteiger partial charge in [0.25, 0.3) is 0 Å². The molecule has 0 radical (unpaired) electrons. The van der Waals surface area contributed by atoms with Crippen molar-refractivity contribution in [2.75, 3.05) is 13.2 Å². The Morgan fingerprint density at radius 1 is 1.33 bits per heavy atom. The first kappa shape index (κ1) is 14.1. The molecule has 0 spiro atoms. The van der Waals surface area contributed by atoms with Gasteiger partial charge < -0.3 is 4.74 Å². The molecular weight excluding hydrogens is 294 g/mol. The average molecular weight is 309 g/mol. The summed E-state index contributed by atoms with van der Waals surface area (Å²) >= 11 is 0. The summed E-state index contributed by atoms with van der Waals surface area (Å²) in [6.45, 7) is 1.00. The van der Waals surface area contributed by atoms with Gasteiger partial charge in [-0.2, -0.15) is 0 Å². The van der Waals surface area contributed by atoms with Crippen LogP contribution in [-0.2, 0) is 14.8 Å². The van der Waals surface area contributed by atoms with Gasteiger partial charge in [-0.25, -0.2) is 17.8 Å². The predicted octanol–water partition coefficient (Wildman–Crippen LogP) is 0.120. The number of nitrogens with zero attached hydrogens (tertiary/aromatic N) is 4. The molecule has 1 fully saturated rings. The Labute approximate surface area is 122 Å². The highest BCUT2D eigenvalue weighted by molar-refractivity contribution is 7.89. The first-order valence-corrected chi connectivity index (χ1v) is 8.08. The fraction of sp³-hybridized carbons (Fsp3) is 0.417. The molecule has 1 aromatic carbocycles. The summed E-state index contributed by atoms with van der Waals surface area (Å²) in [5, 5.41) is 10.8. The van der Waals surface area contributed by atoms with Gasteiger partial charge in [-0.05, 0) is 47.5 Å². The summed E-state index contributed by atoms with van der Waals surface area (Å²) in [7, 11) is -3.52. The molecule has 1 aliphatic rings. The van der Waals surface area contributed by atoms with Crippen molar-refractivity contribution < 1.29 is 13.2 Å². The largest absolute Gasteiger partial charge is 0.377 e. The van der Waals surface area contributed by atoms with Crippen molar-refractivity contribution in [2.45, 2.75) is 23.8 Å². The molecule has 0 unspecified atom stereocenters. The van der Waals surface area contributed by atoms with E-state index in [4.69, 9.17) is 4.74 Å². The van der Waals surface area contributed by atoms with Gasteiger partial charge in [0.05, 0.1) is 16.7 Å². The molecule has 0 saturated carbocycles. The van der Waals surface area contributed by atoms with Crippen LogP contribution < -0.4 is 4.72 Å². The highest BCUT2D eigenvalue weighted by Crippen LogP contribution is 2.15. The summed E-state index contributed by atoms with van der Waals surface area (Å²) in [5.41, 5.74) is 0.693. The molecule has 1 atom stereocenters. The van der Waals surface area contributed by atoms with Gasteiger partial charge in [0, 0.05) is 13.2 Å². The van der Waals surface area contributed by atoms with Gasteiger partial charge in [-0.15, -0.1) is 5.10 Å². The van der Waals surface area contributed by atoms with Crippen molar-refractivity contribution in [1.29, 1.82) is 0 Å². The lowest BCUT2D eigenvalue weighted by molar-refractivity contribution is 0.114. The van der Waals surface area contributed by atoms with Crippen molar-refractivity contribution in [2.24, 2.45) is 0 Å². The molecule has 1 aliphatic heterocycles. The van der Waals surface area contributed by atoms with Gasteiger partial charge in [0.15, 0.2) is 0 Å². The van der Waals surface area contributed by atoms with E-state index >= 15 is 0 Å². The maximum Gasteiger partial charge on any atom is 0.240 e. The minimum atomic E-state index is -3.52. The lowest BCUT2D eigenvalue weighted by Gasteiger charge is -2.11. The third-order valence-corrected chi connectivity index (χ3v) is 4.73. The van der Waals surface area contributed by atoms with Crippen molar-refractivity contribution in [1.82, 2.24) is 24.9 Å². The third kappa shape index (κ3) is 3.26. The van der Waals surface area contributed by atoms with Gasteiger partial charge in [-0.3, -0.25) is 0 Å². The van der Waals surface area contributed by atoms with Crippen LogP contribution in [0.15, 0.2) is 35.5 Å². The standard InChI is InChI=1S/C12H15N5O3S/c18-21(19,14-8-11-2-1-7-20-11)12-5-3-10(4-6-12)17-9-13-15-16-17/h3-6,9,11,14H,1-2,7-8H2/t11-/m1/s1. The molecular formula is C12H15N5O3S. The predicted molar refractivity (Wildman–Crippen MR) is 73.3 cm³/mol. The maximum atomic E-state index is 12.2. The Balaban J connectivity index is 1.70. The van der Waals surface area contributed by atoms with E-state index in [2.05, 4.69) is 20.2 Å². The quantitative estimate of drug-likeness (QED) is 0.842. The highest BCUT2D eigenvalue weighted by Gasteiger charge is 2.20. The zero-order chi connectivity index (χ0) is 14.7. The molecule has 2 aromatic rings. The summed E-state index contributed by atoms with van der Waals surface area (Å²) < 4.78 is 33.8. The van der Waals surface area contributed by atoms with Crippen molar-refractivity contribution in [3.63, 3.8) is 0 Å². The zero-order valence-electron chi connectivity index (χ0n) is 11.2. The Kier molecular flexibility index (Phi) is 3.95. The minimum Gasteiger partial charge on any atom is -0.377 e. The highest BCUT2D eigenvalue weighted by atomic mass is 32.2. The van der Waals surface area contributed by atoms with Gasteiger partial charge in [0.2, 0.25) is 10.0 Å². The van der Waals surface area contributed by atoms with Crippen LogP contribution in [0.4, 0.5) is 0 Å². The maximum absolute atomic E-state index is 12.2. The van der Waals surface area contributed by atoms with Crippen LogP contribution in [0.5, 0.6) is 0 Å². The SMILES string of the molecule is O=S(=O)(NC[C@H]1CCCO1)c1ccc(-n2cnnn2)cc1. The van der Waals surface area contributed by atoms with Crippen LogP contribution >= 0.6 is 0 Å². The van der Waals surface area contributed by atoms with E-state index in [0.717, 1.165) is 12.8 Å². The lowest BCUT2D eigenvalue weighted by atomic mass is 10.2. The molecule has 3 rings (SSSR count). The molecule has 1 N–H and O–H groups in total. The molecule has 9 heteroatoms. The van der Waals surface area contributed by atoms with Crippen LogP contribution in [0.3, 0.4) is 0 Å². The number of rotatable bonds is 5. The smallest absolute Gasteiger partial charge is 0.240 e. The van der Waals surface area contributed by atoms with Crippen LogP contribution in [0.25, 0.3) is 5.69 Å². The second kappa shape index (κ2) is 5.88. The normalized spacial score (nSPS) is 19.0. The first-order chi connectivity index (χ1) is 10.1. The lowest BCUT2D eigenvalue weighted by Crippen LogP contribution is -2.31. The van der Waals surface area contributed by atoms with E-state index in [9.17, 15) is 8.42 Å². The van der Waals surface area contributed by atoms with E-state index in [0.29, 0.717) is 18.8 Å². The zero-order valence-corrected chi connectivity index (χ0v) is 12.0. The molecule has 8 nitrogen and oxygen atoms in total. The Morgan fingerprint density at radius 3 is 2.76 bits per heavy atom. The summed E-state index contributed by atoms with van der Waals surface area (Å²) in [6.07, 6.45) is 3.28. The first-order valence-electron chi connectivity index (χ1n) is 6.60. The van der Waals surface area contributed by atoms with Crippen molar-refractivity contribution in [3.05, 3.63) is 30.6 Å². The summed E-state index contributed by atoms with van der Waals surface area (Å²) in [4.78, 5) is 0.206. The van der Waals surface area contributed by atoms with Crippen LogP contribution in [-0.4, -0.2) is 47.9 Å². The fourth-order valence-corrected chi connectivity index (χ4v) is 3.22. The second-order valence-corrected chi connectivity index (χ2v) is 6.50. The van der Waals surface area contributed by atoms with Crippen molar-refractivity contribution >= 4 is 10.0 Å². The van der Waals surface area contributed by atoms with Crippen LogP contribution in [0.1, 0.15) is 12.8 Å². The molecule has 1 aromatic heterocycles. The fourth-order valence-electron chi connectivity index (χ4n) is 2.15. The van der Waals surface area contributed by atoms with E-state index in [1.807, 2.05) is 0 Å². The van der Waals surface area contributed by atoms with Gasteiger partial charge in [0.1, 0.15) is 6.33 Å². The average Bonchev–Trinajstić information content (AvgIpc) is 3.19. The number of sulfonamides is 1. The number of benzene rings is 1. The molecule has 0 amide bonds. The van der Waals surface area contributed by atoms with E-state index in [-0.39, 0.29) is 11.0 Å². The molecule has 2 heterocycles. The van der Waals surface area contributed by atoms with E-state index in [1.54, 1.807) is 12.1 Å². The minimum absolute atomic E-state index is 0.0275. The Bertz CT molecular complexity index is 678. The monoisotopic (exact) mass is 309 g/mol. The number of tetrazole rings is 1. The number of hydrogen-bond donors (Lipinski definition) is 1. The van der Waals surface area contributed by atoms with Crippen LogP contribution in [0.2, 0.25) is 0 Å². The van der Waals surface area contributed by atoms with Gasteiger partial charge in [-0.1, -0.05) is 0 Å². The Morgan fingerprint density at radius 2 is 2.14 bits per heavy atom. The van der Waals surface area contributed by atoms with E-state index < -0.39 is 10.0 Å². The number of nitrogens with one attached hydrogen (secondary N) is 1. The van der Waals surface area contributed by atoms with Gasteiger partial charge >= 0.3 is 0 Å². The third-order valence-electron chi connectivity index (χ3n) is 3.29. The topological polar surface area (TPSA) is 99.0 Å². The number of ether oxygens (including phenoxy) is 1. The Hall–Kier alpha value is -1.84. The van der Waals surface area contributed by atoms with E-state index in [1.165, 1.54) is 23.1 Å². The number of hydrogen-bond acceptors (Lipinski definition) is 6. The summed E-state index contributed by atoms with van der Waals surface area (Å²) in [6, 6.07) is 6.34. The van der Waals surface area contributed by atoms with Crippen LogP contribution in [0, 0.1) is 0 Å². The molecule has 112 valence electrons. The second-order valence-electron chi connectivity index (χ2n) is 4.74.